The summed E-state index contributed by atoms with van der Waals surface area (Å²) in [5.74, 6) is 0.496. The standard InChI is InChI=1S/C17H17N5/c1-12-8-6-7-11-14(12)19-20-16-15(21-22(2)17(16)18)13-9-4-3-5-10-13/h3-11H,18H2,1-2H3. The average Bonchev–Trinajstić information content (AvgIpc) is 2.83. The number of nitrogens with two attached hydrogens (primary N) is 1. The Morgan fingerprint density at radius 2 is 1.64 bits per heavy atom. The fourth-order valence-corrected chi connectivity index (χ4v) is 2.19. The van der Waals surface area contributed by atoms with Crippen molar-refractivity contribution in [1.82, 2.24) is 9.78 Å². The molecule has 0 atom stereocenters. The van der Waals surface area contributed by atoms with Crippen molar-refractivity contribution in [1.29, 1.82) is 0 Å². The van der Waals surface area contributed by atoms with Gasteiger partial charge in [-0.3, -0.25) is 4.68 Å². The van der Waals surface area contributed by atoms with Crippen LogP contribution in [0.15, 0.2) is 64.8 Å². The molecule has 0 amide bonds. The number of anilines is 1. The molecular formula is C17H17N5. The summed E-state index contributed by atoms with van der Waals surface area (Å²) in [6.07, 6.45) is 0. The summed E-state index contributed by atoms with van der Waals surface area (Å²) in [6.45, 7) is 2.00. The molecule has 0 saturated carbocycles. The molecule has 1 heterocycles. The molecule has 0 fully saturated rings. The first-order chi connectivity index (χ1) is 10.7. The number of nitrogen functional groups attached to an aromatic ring is 1. The van der Waals surface area contributed by atoms with Crippen LogP contribution in [0.4, 0.5) is 17.2 Å². The molecule has 0 spiro atoms. The van der Waals surface area contributed by atoms with Crippen LogP contribution in [0, 0.1) is 6.92 Å². The van der Waals surface area contributed by atoms with Crippen molar-refractivity contribution in [2.24, 2.45) is 17.3 Å². The lowest BCUT2D eigenvalue weighted by Gasteiger charge is -1.99. The average molecular weight is 291 g/mol. The van der Waals surface area contributed by atoms with E-state index in [1.807, 2.05) is 61.5 Å². The predicted molar refractivity (Wildman–Crippen MR) is 88.4 cm³/mol. The zero-order valence-corrected chi connectivity index (χ0v) is 12.6. The van der Waals surface area contributed by atoms with Gasteiger partial charge in [-0.15, -0.1) is 5.11 Å². The third kappa shape index (κ3) is 2.61. The first-order valence-corrected chi connectivity index (χ1v) is 7.02. The first-order valence-electron chi connectivity index (χ1n) is 7.02. The van der Waals surface area contributed by atoms with Gasteiger partial charge in [0, 0.05) is 12.6 Å². The Morgan fingerprint density at radius 1 is 0.955 bits per heavy atom. The molecule has 0 aliphatic rings. The minimum atomic E-state index is 0.496. The van der Waals surface area contributed by atoms with E-state index < -0.39 is 0 Å². The quantitative estimate of drug-likeness (QED) is 0.727. The van der Waals surface area contributed by atoms with Gasteiger partial charge in [-0.1, -0.05) is 48.5 Å². The third-order valence-electron chi connectivity index (χ3n) is 3.49. The molecular weight excluding hydrogens is 274 g/mol. The zero-order chi connectivity index (χ0) is 15.5. The third-order valence-corrected chi connectivity index (χ3v) is 3.49. The lowest BCUT2D eigenvalue weighted by Crippen LogP contribution is -1.96. The van der Waals surface area contributed by atoms with Crippen LogP contribution >= 0.6 is 0 Å². The maximum atomic E-state index is 6.09. The number of aromatic nitrogens is 2. The van der Waals surface area contributed by atoms with Crippen molar-refractivity contribution in [2.75, 3.05) is 5.73 Å². The monoisotopic (exact) mass is 291 g/mol. The molecule has 0 aliphatic carbocycles. The molecule has 5 nitrogen and oxygen atoms in total. The van der Waals surface area contributed by atoms with Crippen LogP contribution in [0.25, 0.3) is 11.3 Å². The van der Waals surface area contributed by atoms with Gasteiger partial charge >= 0.3 is 0 Å². The van der Waals surface area contributed by atoms with Gasteiger partial charge in [-0.25, -0.2) is 0 Å². The van der Waals surface area contributed by atoms with E-state index in [1.165, 1.54) is 0 Å². The minimum absolute atomic E-state index is 0.496. The first kappa shape index (κ1) is 14.0. The van der Waals surface area contributed by atoms with E-state index in [1.54, 1.807) is 11.7 Å². The Morgan fingerprint density at radius 3 is 2.36 bits per heavy atom. The van der Waals surface area contributed by atoms with E-state index in [0.717, 1.165) is 22.5 Å². The topological polar surface area (TPSA) is 68.6 Å². The highest BCUT2D eigenvalue weighted by Gasteiger charge is 2.15. The van der Waals surface area contributed by atoms with Gasteiger partial charge in [0.05, 0.1) is 5.69 Å². The number of azo groups is 1. The normalized spacial score (nSPS) is 11.2. The molecule has 0 bridgehead atoms. The maximum absolute atomic E-state index is 6.09. The molecule has 2 aromatic carbocycles. The summed E-state index contributed by atoms with van der Waals surface area (Å²) < 4.78 is 1.62. The van der Waals surface area contributed by atoms with Crippen LogP contribution in [0.1, 0.15) is 5.56 Å². The van der Waals surface area contributed by atoms with E-state index in [-0.39, 0.29) is 0 Å². The lowest BCUT2D eigenvalue weighted by atomic mass is 10.1. The van der Waals surface area contributed by atoms with E-state index >= 15 is 0 Å². The number of hydrogen-bond acceptors (Lipinski definition) is 4. The molecule has 22 heavy (non-hydrogen) atoms. The molecule has 2 N–H and O–H groups in total. The Balaban J connectivity index is 2.06. The Bertz CT molecular complexity index is 818. The maximum Gasteiger partial charge on any atom is 0.155 e. The molecule has 0 aliphatic heterocycles. The summed E-state index contributed by atoms with van der Waals surface area (Å²) in [6, 6.07) is 17.7. The van der Waals surface area contributed by atoms with Gasteiger partial charge in [0.2, 0.25) is 0 Å². The van der Waals surface area contributed by atoms with Crippen molar-refractivity contribution in [3.63, 3.8) is 0 Å². The summed E-state index contributed by atoms with van der Waals surface area (Å²) in [5.41, 5.74) is 10.3. The van der Waals surface area contributed by atoms with Crippen molar-refractivity contribution in [3.05, 3.63) is 60.2 Å². The minimum Gasteiger partial charge on any atom is -0.382 e. The Kier molecular flexibility index (Phi) is 3.70. The van der Waals surface area contributed by atoms with Crippen LogP contribution in [0.5, 0.6) is 0 Å². The van der Waals surface area contributed by atoms with Crippen molar-refractivity contribution >= 4 is 17.2 Å². The van der Waals surface area contributed by atoms with Crippen LogP contribution in [-0.2, 0) is 7.05 Å². The SMILES string of the molecule is Cc1ccccc1N=Nc1c(-c2ccccc2)nn(C)c1N. The molecule has 3 aromatic rings. The number of hydrogen-bond donors (Lipinski definition) is 1. The summed E-state index contributed by atoms with van der Waals surface area (Å²) in [5, 5.41) is 13.1. The van der Waals surface area contributed by atoms with Gasteiger partial charge in [-0.2, -0.15) is 10.2 Å². The van der Waals surface area contributed by atoms with Gasteiger partial charge in [0.1, 0.15) is 11.5 Å². The van der Waals surface area contributed by atoms with Crippen LogP contribution in [0.2, 0.25) is 0 Å². The van der Waals surface area contributed by atoms with Crippen molar-refractivity contribution < 1.29 is 0 Å². The van der Waals surface area contributed by atoms with Gasteiger partial charge < -0.3 is 5.73 Å². The second-order valence-corrected chi connectivity index (χ2v) is 5.06. The second kappa shape index (κ2) is 5.81. The number of aryl methyl sites for hydroxylation is 2. The number of nitrogens with zero attached hydrogens (tertiary/aromatic N) is 4. The molecule has 3 rings (SSSR count). The smallest absolute Gasteiger partial charge is 0.155 e. The molecule has 110 valence electrons. The van der Waals surface area contributed by atoms with E-state index in [4.69, 9.17) is 5.73 Å². The highest BCUT2D eigenvalue weighted by molar-refractivity contribution is 5.79. The van der Waals surface area contributed by atoms with E-state index in [2.05, 4.69) is 15.3 Å². The van der Waals surface area contributed by atoms with Gasteiger partial charge in [0.25, 0.3) is 0 Å². The van der Waals surface area contributed by atoms with Crippen LogP contribution in [0.3, 0.4) is 0 Å². The van der Waals surface area contributed by atoms with E-state index in [9.17, 15) is 0 Å². The van der Waals surface area contributed by atoms with Crippen molar-refractivity contribution in [3.8, 4) is 11.3 Å². The van der Waals surface area contributed by atoms with Gasteiger partial charge in [0.15, 0.2) is 5.69 Å². The molecule has 5 heteroatoms. The predicted octanol–water partition coefficient (Wildman–Crippen LogP) is 4.39. The summed E-state index contributed by atoms with van der Waals surface area (Å²) in [7, 11) is 1.80. The second-order valence-electron chi connectivity index (χ2n) is 5.06. The fourth-order valence-electron chi connectivity index (χ4n) is 2.19. The molecule has 0 unspecified atom stereocenters. The summed E-state index contributed by atoms with van der Waals surface area (Å²) >= 11 is 0. The lowest BCUT2D eigenvalue weighted by molar-refractivity contribution is 0.782. The molecule has 1 aromatic heterocycles. The number of benzene rings is 2. The number of rotatable bonds is 3. The highest BCUT2D eigenvalue weighted by atomic mass is 15.3. The molecule has 0 saturated heterocycles. The molecule has 0 radical (unpaired) electrons. The zero-order valence-electron chi connectivity index (χ0n) is 12.6. The van der Waals surface area contributed by atoms with Crippen LogP contribution < -0.4 is 5.73 Å². The van der Waals surface area contributed by atoms with Crippen LogP contribution in [-0.4, -0.2) is 9.78 Å². The van der Waals surface area contributed by atoms with Crippen molar-refractivity contribution in [2.45, 2.75) is 6.92 Å². The largest absolute Gasteiger partial charge is 0.382 e. The Hall–Kier alpha value is -2.95. The summed E-state index contributed by atoms with van der Waals surface area (Å²) in [4.78, 5) is 0. The highest BCUT2D eigenvalue weighted by Crippen LogP contribution is 2.35. The fraction of sp³-hybridized carbons (Fsp3) is 0.118. The van der Waals surface area contributed by atoms with E-state index in [0.29, 0.717) is 11.5 Å². The van der Waals surface area contributed by atoms with Gasteiger partial charge in [-0.05, 0) is 18.6 Å². The Labute approximate surface area is 129 Å².